The summed E-state index contributed by atoms with van der Waals surface area (Å²) in [5, 5.41) is 11.4. The zero-order valence-corrected chi connectivity index (χ0v) is 11.4. The quantitative estimate of drug-likeness (QED) is 0.593. The summed E-state index contributed by atoms with van der Waals surface area (Å²) >= 11 is 0. The fourth-order valence-corrected chi connectivity index (χ4v) is 1.83. The maximum absolute atomic E-state index is 11.3. The predicted octanol–water partition coefficient (Wildman–Crippen LogP) is 1.81. The summed E-state index contributed by atoms with van der Waals surface area (Å²) in [6.07, 6.45) is 3.77. The van der Waals surface area contributed by atoms with Crippen molar-refractivity contribution in [2.75, 3.05) is 19.8 Å². The number of carbonyl (C=O) groups is 2. The van der Waals surface area contributed by atoms with E-state index in [1.165, 1.54) is 0 Å². The molecule has 0 aliphatic heterocycles. The third kappa shape index (κ3) is 10.1. The lowest BCUT2D eigenvalue weighted by molar-refractivity contribution is -0.137. The molecule has 0 aromatic rings. The summed E-state index contributed by atoms with van der Waals surface area (Å²) in [5.74, 6) is -0.486. The monoisotopic (exact) mass is 259 g/mol. The van der Waals surface area contributed by atoms with Gasteiger partial charge in [-0.25, -0.2) is 0 Å². The minimum absolute atomic E-state index is 0.101. The van der Waals surface area contributed by atoms with Gasteiger partial charge in [0, 0.05) is 19.6 Å². The highest BCUT2D eigenvalue weighted by Gasteiger charge is 2.10. The van der Waals surface area contributed by atoms with E-state index in [9.17, 15) is 9.59 Å². The van der Waals surface area contributed by atoms with Crippen LogP contribution in [0.15, 0.2) is 0 Å². The first-order valence-corrected chi connectivity index (χ1v) is 6.66. The largest absolute Gasteiger partial charge is 0.481 e. The van der Waals surface area contributed by atoms with Gasteiger partial charge in [-0.2, -0.15) is 0 Å². The van der Waals surface area contributed by atoms with Gasteiger partial charge in [0.2, 0.25) is 5.91 Å². The van der Waals surface area contributed by atoms with Gasteiger partial charge in [0.15, 0.2) is 0 Å². The van der Waals surface area contributed by atoms with Crippen molar-refractivity contribution in [1.82, 2.24) is 5.32 Å². The van der Waals surface area contributed by atoms with E-state index in [1.807, 2.05) is 6.92 Å². The van der Waals surface area contributed by atoms with Crippen molar-refractivity contribution in [2.45, 2.75) is 46.0 Å². The Hall–Kier alpha value is -1.10. The van der Waals surface area contributed by atoms with Gasteiger partial charge in [0.05, 0.1) is 0 Å². The van der Waals surface area contributed by atoms with Gasteiger partial charge in [-0.05, 0) is 25.7 Å². The summed E-state index contributed by atoms with van der Waals surface area (Å²) in [6.45, 7) is 5.16. The highest BCUT2D eigenvalue weighted by molar-refractivity contribution is 5.77. The third-order valence-corrected chi connectivity index (χ3v) is 2.78. The zero-order valence-electron chi connectivity index (χ0n) is 11.4. The Labute approximate surface area is 109 Å². The molecule has 0 aromatic heterocycles. The Morgan fingerprint density at radius 3 is 2.50 bits per heavy atom. The molecule has 1 amide bonds. The normalized spacial score (nSPS) is 12.1. The van der Waals surface area contributed by atoms with Crippen molar-refractivity contribution < 1.29 is 19.4 Å². The number of aliphatic carboxylic acids is 1. The molecule has 2 N–H and O–H groups in total. The first kappa shape index (κ1) is 16.9. The molecule has 0 spiro atoms. The lowest BCUT2D eigenvalue weighted by Crippen LogP contribution is -2.29. The van der Waals surface area contributed by atoms with Crippen LogP contribution in [-0.4, -0.2) is 36.7 Å². The number of carboxylic acids is 1. The van der Waals surface area contributed by atoms with E-state index >= 15 is 0 Å². The number of carboxylic acid groups (broad SMARTS) is 1. The predicted molar refractivity (Wildman–Crippen MR) is 69.4 cm³/mol. The van der Waals surface area contributed by atoms with Gasteiger partial charge in [0.1, 0.15) is 6.61 Å². The van der Waals surface area contributed by atoms with Crippen LogP contribution in [0.3, 0.4) is 0 Å². The number of hydrogen-bond donors (Lipinski definition) is 2. The lowest BCUT2D eigenvalue weighted by Gasteiger charge is -2.15. The van der Waals surface area contributed by atoms with Crippen LogP contribution >= 0.6 is 0 Å². The number of rotatable bonds is 11. The van der Waals surface area contributed by atoms with Crippen molar-refractivity contribution >= 4 is 11.9 Å². The Morgan fingerprint density at radius 2 is 1.94 bits per heavy atom. The zero-order chi connectivity index (χ0) is 13.8. The van der Waals surface area contributed by atoms with Crippen molar-refractivity contribution in [2.24, 2.45) is 5.92 Å². The molecule has 0 aliphatic carbocycles. The average molecular weight is 259 g/mol. The van der Waals surface area contributed by atoms with E-state index in [2.05, 4.69) is 12.2 Å². The Balaban J connectivity index is 3.74. The van der Waals surface area contributed by atoms with E-state index in [4.69, 9.17) is 9.84 Å². The summed E-state index contributed by atoms with van der Waals surface area (Å²) in [6, 6.07) is 0. The molecule has 0 aromatic carbocycles. The molecule has 0 fully saturated rings. The fourth-order valence-electron chi connectivity index (χ4n) is 1.83. The number of ether oxygens (including phenoxy) is 1. The van der Waals surface area contributed by atoms with Gasteiger partial charge in [-0.1, -0.05) is 19.8 Å². The molecular formula is C13H25NO4. The molecule has 1 atom stereocenters. The standard InChI is InChI=1S/C13H25NO4/c1-3-5-11(6-7-13(16)17)8-9-14-12(15)10-18-4-2/h11H,3-10H2,1-2H3,(H,14,15)(H,16,17). The Kier molecular flexibility index (Phi) is 10.3. The topological polar surface area (TPSA) is 75.6 Å². The maximum Gasteiger partial charge on any atom is 0.303 e. The molecule has 0 bridgehead atoms. The first-order valence-electron chi connectivity index (χ1n) is 6.66. The maximum atomic E-state index is 11.3. The van der Waals surface area contributed by atoms with Gasteiger partial charge < -0.3 is 15.2 Å². The van der Waals surface area contributed by atoms with Gasteiger partial charge in [-0.3, -0.25) is 9.59 Å². The van der Waals surface area contributed by atoms with Gasteiger partial charge >= 0.3 is 5.97 Å². The van der Waals surface area contributed by atoms with E-state index < -0.39 is 5.97 Å². The molecule has 0 aliphatic rings. The highest BCUT2D eigenvalue weighted by Crippen LogP contribution is 2.16. The van der Waals surface area contributed by atoms with Crippen LogP contribution in [0, 0.1) is 5.92 Å². The number of amides is 1. The summed E-state index contributed by atoms with van der Waals surface area (Å²) in [4.78, 5) is 21.8. The minimum Gasteiger partial charge on any atom is -0.481 e. The van der Waals surface area contributed by atoms with Crippen LogP contribution in [-0.2, 0) is 14.3 Å². The molecule has 0 radical (unpaired) electrons. The van der Waals surface area contributed by atoms with Crippen molar-refractivity contribution in [3.05, 3.63) is 0 Å². The van der Waals surface area contributed by atoms with E-state index in [1.54, 1.807) is 0 Å². The molecule has 0 saturated heterocycles. The molecular weight excluding hydrogens is 234 g/mol. The van der Waals surface area contributed by atoms with Crippen molar-refractivity contribution in [1.29, 1.82) is 0 Å². The van der Waals surface area contributed by atoms with Crippen LogP contribution in [0.5, 0.6) is 0 Å². The van der Waals surface area contributed by atoms with Crippen LogP contribution in [0.25, 0.3) is 0 Å². The SMILES string of the molecule is CCCC(CCNC(=O)COCC)CCC(=O)O. The number of carbonyl (C=O) groups excluding carboxylic acids is 1. The molecule has 0 saturated carbocycles. The van der Waals surface area contributed by atoms with E-state index in [-0.39, 0.29) is 18.9 Å². The molecule has 5 nitrogen and oxygen atoms in total. The average Bonchev–Trinajstić information content (AvgIpc) is 2.33. The second kappa shape index (κ2) is 11.0. The minimum atomic E-state index is -0.753. The summed E-state index contributed by atoms with van der Waals surface area (Å²) in [7, 11) is 0. The molecule has 18 heavy (non-hydrogen) atoms. The smallest absolute Gasteiger partial charge is 0.303 e. The highest BCUT2D eigenvalue weighted by atomic mass is 16.5. The fraction of sp³-hybridized carbons (Fsp3) is 0.846. The second-order valence-corrected chi connectivity index (χ2v) is 4.36. The lowest BCUT2D eigenvalue weighted by atomic mass is 9.94. The van der Waals surface area contributed by atoms with Crippen molar-refractivity contribution in [3.8, 4) is 0 Å². The van der Waals surface area contributed by atoms with E-state index in [0.717, 1.165) is 19.3 Å². The van der Waals surface area contributed by atoms with Crippen LogP contribution in [0.2, 0.25) is 0 Å². The number of hydrogen-bond acceptors (Lipinski definition) is 3. The molecule has 106 valence electrons. The molecule has 0 heterocycles. The van der Waals surface area contributed by atoms with Crippen LogP contribution < -0.4 is 5.32 Å². The number of nitrogens with one attached hydrogen (secondary N) is 1. The summed E-state index contributed by atoms with van der Waals surface area (Å²) in [5.41, 5.74) is 0. The molecule has 5 heteroatoms. The van der Waals surface area contributed by atoms with Crippen LogP contribution in [0.4, 0.5) is 0 Å². The first-order chi connectivity index (χ1) is 8.60. The third-order valence-electron chi connectivity index (χ3n) is 2.78. The Morgan fingerprint density at radius 1 is 1.22 bits per heavy atom. The van der Waals surface area contributed by atoms with Gasteiger partial charge in [-0.15, -0.1) is 0 Å². The Bertz CT molecular complexity index is 243. The molecule has 1 unspecified atom stereocenters. The van der Waals surface area contributed by atoms with Gasteiger partial charge in [0.25, 0.3) is 0 Å². The van der Waals surface area contributed by atoms with E-state index in [0.29, 0.717) is 25.5 Å². The summed E-state index contributed by atoms with van der Waals surface area (Å²) < 4.78 is 4.99. The van der Waals surface area contributed by atoms with Crippen molar-refractivity contribution in [3.63, 3.8) is 0 Å². The molecule has 0 rings (SSSR count). The van der Waals surface area contributed by atoms with Crippen LogP contribution in [0.1, 0.15) is 46.0 Å². The second-order valence-electron chi connectivity index (χ2n) is 4.36.